The summed E-state index contributed by atoms with van der Waals surface area (Å²) in [6.45, 7) is 0.491. The predicted molar refractivity (Wildman–Crippen MR) is 59.6 cm³/mol. The van der Waals surface area contributed by atoms with E-state index in [9.17, 15) is 9.90 Å². The first kappa shape index (κ1) is 10.8. The van der Waals surface area contributed by atoms with Crippen LogP contribution in [0.3, 0.4) is 0 Å². The number of amides is 1. The van der Waals surface area contributed by atoms with Crippen molar-refractivity contribution in [2.45, 2.75) is 12.5 Å². The average molecular weight is 222 g/mol. The van der Waals surface area contributed by atoms with E-state index in [0.29, 0.717) is 24.4 Å². The van der Waals surface area contributed by atoms with Crippen LogP contribution in [0.15, 0.2) is 18.2 Å². The summed E-state index contributed by atoms with van der Waals surface area (Å²) in [7, 11) is 1.48. The minimum absolute atomic E-state index is 0.0166. The van der Waals surface area contributed by atoms with Crippen LogP contribution in [-0.2, 0) is 4.79 Å². The number of aromatic hydroxyl groups is 1. The molecule has 1 fully saturated rings. The molecule has 2 rings (SSSR count). The Hall–Kier alpha value is -1.75. The molecule has 0 bridgehead atoms. The molecular weight excluding hydrogens is 208 g/mol. The summed E-state index contributed by atoms with van der Waals surface area (Å²) >= 11 is 0. The molecule has 0 aromatic heterocycles. The fourth-order valence-electron chi connectivity index (χ4n) is 1.83. The van der Waals surface area contributed by atoms with Crippen molar-refractivity contribution < 1.29 is 14.6 Å². The molecule has 1 aliphatic heterocycles. The van der Waals surface area contributed by atoms with E-state index in [1.165, 1.54) is 13.2 Å². The number of hydrogen-bond donors (Lipinski definition) is 2. The Bertz CT molecular complexity index is 420. The van der Waals surface area contributed by atoms with E-state index in [0.717, 1.165) is 0 Å². The number of carbonyl (C=O) groups is 1. The first-order chi connectivity index (χ1) is 7.61. The zero-order valence-corrected chi connectivity index (χ0v) is 9.01. The van der Waals surface area contributed by atoms with E-state index in [-0.39, 0.29) is 17.7 Å². The Morgan fingerprint density at radius 2 is 2.31 bits per heavy atom. The summed E-state index contributed by atoms with van der Waals surface area (Å²) in [6.07, 6.45) is 0.354. The summed E-state index contributed by atoms with van der Waals surface area (Å²) in [4.78, 5) is 13.2. The molecule has 5 nitrogen and oxygen atoms in total. The Kier molecular flexibility index (Phi) is 2.70. The molecule has 16 heavy (non-hydrogen) atoms. The Morgan fingerprint density at radius 3 is 2.81 bits per heavy atom. The van der Waals surface area contributed by atoms with Crippen LogP contribution in [0.2, 0.25) is 0 Å². The van der Waals surface area contributed by atoms with Gasteiger partial charge in [0.2, 0.25) is 5.91 Å². The van der Waals surface area contributed by atoms with Gasteiger partial charge < -0.3 is 20.5 Å². The molecule has 1 heterocycles. The molecular formula is C11H14N2O3. The molecule has 0 spiro atoms. The normalized spacial score (nSPS) is 20.2. The number of phenols is 1. The summed E-state index contributed by atoms with van der Waals surface area (Å²) < 4.78 is 4.93. The Morgan fingerprint density at radius 1 is 1.56 bits per heavy atom. The van der Waals surface area contributed by atoms with Gasteiger partial charge in [-0.05, 0) is 12.1 Å². The number of ether oxygens (including phenoxy) is 1. The van der Waals surface area contributed by atoms with Crippen LogP contribution in [0, 0.1) is 0 Å². The van der Waals surface area contributed by atoms with E-state index >= 15 is 0 Å². The number of hydrogen-bond acceptors (Lipinski definition) is 4. The highest BCUT2D eigenvalue weighted by molar-refractivity contribution is 5.96. The zero-order chi connectivity index (χ0) is 11.7. The number of nitrogens with zero attached hydrogens (tertiary/aromatic N) is 1. The molecule has 1 aromatic carbocycles. The molecule has 5 heteroatoms. The summed E-state index contributed by atoms with van der Waals surface area (Å²) in [6, 6.07) is 4.74. The second kappa shape index (κ2) is 4.02. The molecule has 1 aromatic rings. The van der Waals surface area contributed by atoms with Crippen molar-refractivity contribution in [2.75, 3.05) is 18.6 Å². The van der Waals surface area contributed by atoms with Gasteiger partial charge in [-0.2, -0.15) is 0 Å². The van der Waals surface area contributed by atoms with Crippen LogP contribution in [0.5, 0.6) is 11.5 Å². The largest absolute Gasteiger partial charge is 0.504 e. The maximum atomic E-state index is 11.6. The van der Waals surface area contributed by atoms with Gasteiger partial charge in [-0.15, -0.1) is 0 Å². The third-order valence-corrected chi connectivity index (χ3v) is 2.63. The van der Waals surface area contributed by atoms with Crippen molar-refractivity contribution in [1.82, 2.24) is 0 Å². The lowest BCUT2D eigenvalue weighted by atomic mass is 10.2. The van der Waals surface area contributed by atoms with Crippen LogP contribution in [-0.4, -0.2) is 30.7 Å². The van der Waals surface area contributed by atoms with Crippen molar-refractivity contribution >= 4 is 11.6 Å². The highest BCUT2D eigenvalue weighted by Crippen LogP contribution is 2.31. The minimum atomic E-state index is -0.128. The van der Waals surface area contributed by atoms with Crippen molar-refractivity contribution in [3.8, 4) is 11.5 Å². The number of rotatable bonds is 2. The molecule has 3 N–H and O–H groups in total. The van der Waals surface area contributed by atoms with Gasteiger partial charge in [-0.1, -0.05) is 0 Å². The van der Waals surface area contributed by atoms with Gasteiger partial charge in [0.05, 0.1) is 7.11 Å². The fraction of sp³-hybridized carbons (Fsp3) is 0.364. The number of anilines is 1. The maximum Gasteiger partial charge on any atom is 0.228 e. The van der Waals surface area contributed by atoms with Crippen molar-refractivity contribution in [3.05, 3.63) is 18.2 Å². The Balaban J connectivity index is 2.28. The quantitative estimate of drug-likeness (QED) is 0.762. The van der Waals surface area contributed by atoms with Crippen LogP contribution in [0.1, 0.15) is 6.42 Å². The van der Waals surface area contributed by atoms with Gasteiger partial charge in [0.25, 0.3) is 0 Å². The molecule has 1 unspecified atom stereocenters. The lowest BCUT2D eigenvalue weighted by Gasteiger charge is -2.16. The Labute approximate surface area is 93.4 Å². The number of methoxy groups -OCH3 is 1. The third-order valence-electron chi connectivity index (χ3n) is 2.63. The molecule has 1 aliphatic rings. The van der Waals surface area contributed by atoms with E-state index < -0.39 is 0 Å². The van der Waals surface area contributed by atoms with Gasteiger partial charge in [0.1, 0.15) is 0 Å². The molecule has 86 valence electrons. The fourth-order valence-corrected chi connectivity index (χ4v) is 1.83. The van der Waals surface area contributed by atoms with Crippen LogP contribution < -0.4 is 15.4 Å². The number of benzene rings is 1. The van der Waals surface area contributed by atoms with Crippen LogP contribution in [0.4, 0.5) is 5.69 Å². The first-order valence-corrected chi connectivity index (χ1v) is 5.04. The number of phenolic OH excluding ortho intramolecular Hbond substituents is 1. The van der Waals surface area contributed by atoms with Crippen molar-refractivity contribution in [3.63, 3.8) is 0 Å². The predicted octanol–water partition coefficient (Wildman–Crippen LogP) is 0.465. The minimum Gasteiger partial charge on any atom is -0.504 e. The maximum absolute atomic E-state index is 11.6. The van der Waals surface area contributed by atoms with Gasteiger partial charge in [0, 0.05) is 30.8 Å². The standard InChI is InChI=1S/C11H14N2O3/c1-16-10-3-2-8(5-9(10)14)13-6-7(12)4-11(13)15/h2-3,5,7,14H,4,6,12H2,1H3. The van der Waals surface area contributed by atoms with E-state index in [1.807, 2.05) is 0 Å². The molecule has 0 aliphatic carbocycles. The molecule has 1 atom stereocenters. The summed E-state index contributed by atoms with van der Waals surface area (Å²) in [5.41, 5.74) is 6.35. The van der Waals surface area contributed by atoms with Crippen LogP contribution >= 0.6 is 0 Å². The number of nitrogens with two attached hydrogens (primary N) is 1. The van der Waals surface area contributed by atoms with E-state index in [1.54, 1.807) is 17.0 Å². The summed E-state index contributed by atoms with van der Waals surface area (Å²) in [5, 5.41) is 9.61. The zero-order valence-electron chi connectivity index (χ0n) is 9.01. The lowest BCUT2D eigenvalue weighted by Crippen LogP contribution is -2.27. The second-order valence-corrected chi connectivity index (χ2v) is 3.82. The molecule has 1 saturated heterocycles. The van der Waals surface area contributed by atoms with Crippen molar-refractivity contribution in [2.24, 2.45) is 5.73 Å². The monoisotopic (exact) mass is 222 g/mol. The van der Waals surface area contributed by atoms with E-state index in [4.69, 9.17) is 10.5 Å². The highest BCUT2D eigenvalue weighted by atomic mass is 16.5. The average Bonchev–Trinajstić information content (AvgIpc) is 2.58. The second-order valence-electron chi connectivity index (χ2n) is 3.82. The molecule has 1 amide bonds. The SMILES string of the molecule is COc1ccc(N2CC(N)CC2=O)cc1O. The van der Waals surface area contributed by atoms with Crippen LogP contribution in [0.25, 0.3) is 0 Å². The third kappa shape index (κ3) is 1.81. The summed E-state index contributed by atoms with van der Waals surface area (Å²) in [5.74, 6) is 0.394. The van der Waals surface area contributed by atoms with Gasteiger partial charge >= 0.3 is 0 Å². The highest BCUT2D eigenvalue weighted by Gasteiger charge is 2.28. The first-order valence-electron chi connectivity index (χ1n) is 5.04. The van der Waals surface area contributed by atoms with Gasteiger partial charge in [-0.25, -0.2) is 0 Å². The molecule has 0 saturated carbocycles. The topological polar surface area (TPSA) is 75.8 Å². The van der Waals surface area contributed by atoms with Gasteiger partial charge in [0.15, 0.2) is 11.5 Å². The number of carbonyl (C=O) groups excluding carboxylic acids is 1. The lowest BCUT2D eigenvalue weighted by molar-refractivity contribution is -0.117. The molecule has 0 radical (unpaired) electrons. The van der Waals surface area contributed by atoms with E-state index in [2.05, 4.69) is 0 Å². The van der Waals surface area contributed by atoms with Crippen molar-refractivity contribution in [1.29, 1.82) is 0 Å². The van der Waals surface area contributed by atoms with Gasteiger partial charge in [-0.3, -0.25) is 4.79 Å². The smallest absolute Gasteiger partial charge is 0.228 e.